The second-order valence-corrected chi connectivity index (χ2v) is 5.77. The van der Waals surface area contributed by atoms with Crippen LogP contribution in [0.4, 0.5) is 8.78 Å². The standard InChI is InChI=1S/C19H23F2N3O3.HI/c1-22-19(23-11-14-10-16(26-3)8-9-17(14)25)24(2)12-13-4-6-15(7-5-13)27-18(20)21;/h4-10,18,25H,11-12H2,1-3H3,(H,22,23);1H. The van der Waals surface area contributed by atoms with Crippen molar-refractivity contribution >= 4 is 29.9 Å². The van der Waals surface area contributed by atoms with Crippen molar-refractivity contribution in [2.45, 2.75) is 19.7 Å². The van der Waals surface area contributed by atoms with E-state index in [1.54, 1.807) is 44.5 Å². The molecule has 0 amide bonds. The summed E-state index contributed by atoms with van der Waals surface area (Å²) in [4.78, 5) is 6.10. The van der Waals surface area contributed by atoms with Gasteiger partial charge in [0.2, 0.25) is 0 Å². The van der Waals surface area contributed by atoms with Gasteiger partial charge in [-0.25, -0.2) is 0 Å². The summed E-state index contributed by atoms with van der Waals surface area (Å²) in [5, 5.41) is 13.1. The third kappa shape index (κ3) is 7.02. The molecule has 0 aliphatic heterocycles. The van der Waals surface area contributed by atoms with Crippen LogP contribution in [0, 0.1) is 0 Å². The highest BCUT2D eigenvalue weighted by atomic mass is 127. The highest BCUT2D eigenvalue weighted by Crippen LogP contribution is 2.22. The van der Waals surface area contributed by atoms with E-state index in [4.69, 9.17) is 4.74 Å². The first kappa shape index (κ1) is 23.7. The van der Waals surface area contributed by atoms with Crippen LogP contribution in [0.2, 0.25) is 0 Å². The van der Waals surface area contributed by atoms with Crippen LogP contribution < -0.4 is 14.8 Å². The summed E-state index contributed by atoms with van der Waals surface area (Å²) in [5.74, 6) is 1.55. The van der Waals surface area contributed by atoms with E-state index < -0.39 is 6.61 Å². The summed E-state index contributed by atoms with van der Waals surface area (Å²) >= 11 is 0. The first-order chi connectivity index (χ1) is 12.9. The Kier molecular flexibility index (Phi) is 9.77. The van der Waals surface area contributed by atoms with Crippen LogP contribution in [0.3, 0.4) is 0 Å². The van der Waals surface area contributed by atoms with Crippen LogP contribution in [0.1, 0.15) is 11.1 Å². The minimum atomic E-state index is -2.84. The lowest BCUT2D eigenvalue weighted by Crippen LogP contribution is -2.38. The quantitative estimate of drug-likeness (QED) is 0.339. The number of rotatable bonds is 7. The predicted octanol–water partition coefficient (Wildman–Crippen LogP) is 3.83. The van der Waals surface area contributed by atoms with Gasteiger partial charge in [0.05, 0.1) is 7.11 Å². The maximum Gasteiger partial charge on any atom is 0.387 e. The molecule has 0 bridgehead atoms. The van der Waals surface area contributed by atoms with Gasteiger partial charge < -0.3 is 24.8 Å². The first-order valence-corrected chi connectivity index (χ1v) is 8.24. The second-order valence-electron chi connectivity index (χ2n) is 5.77. The van der Waals surface area contributed by atoms with Gasteiger partial charge in [-0.1, -0.05) is 12.1 Å². The molecule has 0 saturated carbocycles. The third-order valence-corrected chi connectivity index (χ3v) is 3.87. The second kappa shape index (κ2) is 11.5. The Balaban J connectivity index is 0.00000392. The Hall–Kier alpha value is -2.30. The maximum absolute atomic E-state index is 12.2. The van der Waals surface area contributed by atoms with E-state index in [-0.39, 0.29) is 35.5 Å². The Morgan fingerprint density at radius 2 is 1.82 bits per heavy atom. The third-order valence-electron chi connectivity index (χ3n) is 3.87. The fourth-order valence-electron chi connectivity index (χ4n) is 2.51. The number of aliphatic imine (C=N–C) groups is 1. The number of nitrogens with zero attached hydrogens (tertiary/aromatic N) is 2. The Morgan fingerprint density at radius 3 is 2.39 bits per heavy atom. The summed E-state index contributed by atoms with van der Waals surface area (Å²) in [6.45, 7) is -1.96. The summed E-state index contributed by atoms with van der Waals surface area (Å²) in [7, 11) is 5.07. The number of halogens is 3. The zero-order valence-corrected chi connectivity index (χ0v) is 18.2. The van der Waals surface area contributed by atoms with E-state index in [0.717, 1.165) is 5.56 Å². The molecule has 0 aromatic heterocycles. The lowest BCUT2D eigenvalue weighted by Gasteiger charge is -2.22. The van der Waals surface area contributed by atoms with Crippen LogP contribution in [0.15, 0.2) is 47.5 Å². The predicted molar refractivity (Wildman–Crippen MR) is 115 cm³/mol. The first-order valence-electron chi connectivity index (χ1n) is 8.24. The molecule has 0 saturated heterocycles. The molecule has 0 spiro atoms. The molecule has 2 N–H and O–H groups in total. The van der Waals surface area contributed by atoms with Gasteiger partial charge >= 0.3 is 6.61 Å². The molecule has 0 atom stereocenters. The number of hydrogen-bond acceptors (Lipinski definition) is 4. The number of guanidine groups is 1. The SMILES string of the molecule is CN=C(NCc1cc(OC)ccc1O)N(C)Cc1ccc(OC(F)F)cc1.I. The molecule has 0 aliphatic carbocycles. The van der Waals surface area contributed by atoms with Gasteiger partial charge in [-0.05, 0) is 35.9 Å². The van der Waals surface area contributed by atoms with Gasteiger partial charge in [0.25, 0.3) is 0 Å². The lowest BCUT2D eigenvalue weighted by molar-refractivity contribution is -0.0498. The number of benzene rings is 2. The highest BCUT2D eigenvalue weighted by Gasteiger charge is 2.10. The van der Waals surface area contributed by atoms with Crippen molar-refractivity contribution in [2.24, 2.45) is 4.99 Å². The number of aromatic hydroxyl groups is 1. The van der Waals surface area contributed by atoms with E-state index in [1.807, 2.05) is 11.9 Å². The summed E-state index contributed by atoms with van der Waals surface area (Å²) in [6.07, 6.45) is 0. The number of ether oxygens (including phenoxy) is 2. The molecular formula is C19H24F2IN3O3. The molecule has 2 aromatic rings. The summed E-state index contributed by atoms with van der Waals surface area (Å²) < 4.78 is 33.9. The van der Waals surface area contributed by atoms with Crippen molar-refractivity contribution in [3.05, 3.63) is 53.6 Å². The van der Waals surface area contributed by atoms with Gasteiger partial charge in [-0.2, -0.15) is 8.78 Å². The van der Waals surface area contributed by atoms with E-state index in [1.165, 1.54) is 12.1 Å². The van der Waals surface area contributed by atoms with Crippen molar-refractivity contribution in [3.8, 4) is 17.2 Å². The molecule has 6 nitrogen and oxygen atoms in total. The van der Waals surface area contributed by atoms with Crippen molar-refractivity contribution in [2.75, 3.05) is 21.2 Å². The molecule has 28 heavy (non-hydrogen) atoms. The minimum Gasteiger partial charge on any atom is -0.508 e. The Morgan fingerprint density at radius 1 is 1.18 bits per heavy atom. The number of alkyl halides is 2. The van der Waals surface area contributed by atoms with Crippen molar-refractivity contribution in [1.82, 2.24) is 10.2 Å². The van der Waals surface area contributed by atoms with Gasteiger partial charge in [0.1, 0.15) is 17.2 Å². The molecule has 9 heteroatoms. The molecular weight excluding hydrogens is 483 g/mol. The van der Waals surface area contributed by atoms with E-state index >= 15 is 0 Å². The lowest BCUT2D eigenvalue weighted by atomic mass is 10.2. The van der Waals surface area contributed by atoms with Gasteiger partial charge in [0, 0.05) is 32.7 Å². The topological polar surface area (TPSA) is 66.3 Å². The van der Waals surface area contributed by atoms with Gasteiger partial charge in [-0.3, -0.25) is 4.99 Å². The van der Waals surface area contributed by atoms with Crippen LogP contribution in [-0.2, 0) is 13.1 Å². The molecule has 2 rings (SSSR count). The minimum absolute atomic E-state index is 0. The van der Waals surface area contributed by atoms with E-state index in [2.05, 4.69) is 15.0 Å². The van der Waals surface area contributed by atoms with Crippen molar-refractivity contribution in [3.63, 3.8) is 0 Å². The Labute approximate surface area is 180 Å². The fourth-order valence-corrected chi connectivity index (χ4v) is 2.51. The van der Waals surface area contributed by atoms with Crippen molar-refractivity contribution < 1.29 is 23.4 Å². The van der Waals surface area contributed by atoms with Crippen LogP contribution >= 0.6 is 24.0 Å². The van der Waals surface area contributed by atoms with E-state index in [9.17, 15) is 13.9 Å². The van der Waals surface area contributed by atoms with Crippen LogP contribution in [0.25, 0.3) is 0 Å². The number of phenolic OH excluding ortho intramolecular Hbond substituents is 1. The molecule has 0 unspecified atom stereocenters. The smallest absolute Gasteiger partial charge is 0.387 e. The van der Waals surface area contributed by atoms with Gasteiger partial charge in [-0.15, -0.1) is 24.0 Å². The largest absolute Gasteiger partial charge is 0.508 e. The maximum atomic E-state index is 12.2. The number of nitrogens with one attached hydrogen (secondary N) is 1. The monoisotopic (exact) mass is 507 g/mol. The average molecular weight is 507 g/mol. The summed E-state index contributed by atoms with van der Waals surface area (Å²) in [6, 6.07) is 11.4. The Bertz CT molecular complexity index is 774. The normalized spacial score (nSPS) is 11.0. The number of methoxy groups -OCH3 is 1. The van der Waals surface area contributed by atoms with E-state index in [0.29, 0.717) is 30.4 Å². The fraction of sp³-hybridized carbons (Fsp3) is 0.316. The highest BCUT2D eigenvalue weighted by molar-refractivity contribution is 14.0. The molecule has 0 heterocycles. The number of hydrogen-bond donors (Lipinski definition) is 2. The molecule has 0 fully saturated rings. The number of phenols is 1. The van der Waals surface area contributed by atoms with Gasteiger partial charge in [0.15, 0.2) is 5.96 Å². The average Bonchev–Trinajstić information content (AvgIpc) is 2.64. The molecule has 154 valence electrons. The molecule has 2 aromatic carbocycles. The van der Waals surface area contributed by atoms with Crippen molar-refractivity contribution in [1.29, 1.82) is 0 Å². The van der Waals surface area contributed by atoms with Crippen LogP contribution in [-0.4, -0.2) is 43.8 Å². The van der Waals surface area contributed by atoms with Crippen LogP contribution in [0.5, 0.6) is 17.2 Å². The molecule has 0 aliphatic rings. The molecule has 0 radical (unpaired) electrons. The zero-order valence-electron chi connectivity index (χ0n) is 15.9. The zero-order chi connectivity index (χ0) is 19.8. The summed E-state index contributed by atoms with van der Waals surface area (Å²) in [5.41, 5.74) is 1.59.